The Hall–Kier alpha value is -1.66. The number of amides is 2. The van der Waals surface area contributed by atoms with E-state index in [1.807, 2.05) is 11.4 Å². The van der Waals surface area contributed by atoms with Crippen LogP contribution in [0.3, 0.4) is 0 Å². The van der Waals surface area contributed by atoms with Gasteiger partial charge >= 0.3 is 0 Å². The van der Waals surface area contributed by atoms with Crippen LogP contribution in [-0.2, 0) is 12.8 Å². The minimum Gasteiger partial charge on any atom is -0.266 e. The summed E-state index contributed by atoms with van der Waals surface area (Å²) in [5, 5.41) is 1.82. The van der Waals surface area contributed by atoms with Gasteiger partial charge in [-0.2, -0.15) is 0 Å². The summed E-state index contributed by atoms with van der Waals surface area (Å²) in [7, 11) is 0. The van der Waals surface area contributed by atoms with E-state index in [4.69, 9.17) is 0 Å². The highest BCUT2D eigenvalue weighted by atomic mass is 32.1. The molecule has 2 amide bonds. The van der Waals surface area contributed by atoms with Crippen LogP contribution < -0.4 is 10.9 Å². The number of aryl methyl sites for hydroxylation is 2. The van der Waals surface area contributed by atoms with Crippen LogP contribution in [0, 0.1) is 0 Å². The van der Waals surface area contributed by atoms with Gasteiger partial charge in [-0.25, -0.2) is 0 Å². The molecule has 0 saturated carbocycles. The number of fused-ring (bicyclic) bond motifs is 1. The van der Waals surface area contributed by atoms with Gasteiger partial charge in [0.1, 0.15) is 0 Å². The molecule has 2 heterocycles. The maximum atomic E-state index is 11.9. The van der Waals surface area contributed by atoms with Crippen molar-refractivity contribution in [2.45, 2.75) is 19.3 Å². The Balaban J connectivity index is 1.60. The molecule has 2 N–H and O–H groups in total. The Labute approximate surface area is 118 Å². The fraction of sp³-hybridized carbons (Fsp3) is 0.231. The van der Waals surface area contributed by atoms with Crippen LogP contribution in [0.1, 0.15) is 36.2 Å². The summed E-state index contributed by atoms with van der Waals surface area (Å²) in [6.45, 7) is 0. The van der Waals surface area contributed by atoms with Gasteiger partial charge in [0, 0.05) is 4.88 Å². The summed E-state index contributed by atoms with van der Waals surface area (Å²) in [4.78, 5) is 26.1. The van der Waals surface area contributed by atoms with Gasteiger partial charge < -0.3 is 0 Å². The largest absolute Gasteiger partial charge is 0.279 e. The van der Waals surface area contributed by atoms with Crippen LogP contribution in [-0.4, -0.2) is 11.8 Å². The van der Waals surface area contributed by atoms with Crippen LogP contribution in [0.15, 0.2) is 23.6 Å². The van der Waals surface area contributed by atoms with E-state index in [1.54, 1.807) is 12.1 Å². The minimum atomic E-state index is -0.285. The zero-order valence-electron chi connectivity index (χ0n) is 10.1. The lowest BCUT2D eigenvalue weighted by Crippen LogP contribution is -2.41. The van der Waals surface area contributed by atoms with Gasteiger partial charge in [0.2, 0.25) is 0 Å². The predicted molar refractivity (Wildman–Crippen MR) is 75.6 cm³/mol. The fourth-order valence-electron chi connectivity index (χ4n) is 2.09. The van der Waals surface area contributed by atoms with E-state index in [0.29, 0.717) is 9.75 Å². The first kappa shape index (κ1) is 12.4. The number of thiophene rings is 2. The lowest BCUT2D eigenvalue weighted by molar-refractivity contribution is 0.0851. The second-order valence-corrected chi connectivity index (χ2v) is 6.38. The highest BCUT2D eigenvalue weighted by Crippen LogP contribution is 2.30. The Morgan fingerprint density at radius 1 is 1.11 bits per heavy atom. The molecule has 0 saturated heterocycles. The molecule has 0 bridgehead atoms. The molecule has 4 nitrogen and oxygen atoms in total. The molecule has 2 aromatic heterocycles. The van der Waals surface area contributed by atoms with Gasteiger partial charge in [-0.05, 0) is 42.3 Å². The number of rotatable bonds is 2. The maximum Gasteiger partial charge on any atom is 0.279 e. The standard InChI is InChI=1S/C13H12N2O2S2/c16-12(10-5-2-6-18-10)14-15-13(17)11-7-8-3-1-4-9(8)19-11/h2,5-7H,1,3-4H2,(H,14,16)(H,15,17). The molecule has 0 spiro atoms. The van der Waals surface area contributed by atoms with E-state index in [-0.39, 0.29) is 11.8 Å². The van der Waals surface area contributed by atoms with Crippen LogP contribution in [0.2, 0.25) is 0 Å². The summed E-state index contributed by atoms with van der Waals surface area (Å²) in [6, 6.07) is 5.44. The Bertz CT molecular complexity index is 595. The summed E-state index contributed by atoms with van der Waals surface area (Å²) in [6.07, 6.45) is 3.30. The molecule has 19 heavy (non-hydrogen) atoms. The Morgan fingerprint density at radius 2 is 1.89 bits per heavy atom. The molecule has 0 radical (unpaired) electrons. The summed E-state index contributed by atoms with van der Waals surface area (Å²) >= 11 is 2.86. The second-order valence-electron chi connectivity index (χ2n) is 4.30. The molecule has 0 aromatic carbocycles. The highest BCUT2D eigenvalue weighted by molar-refractivity contribution is 7.14. The third-order valence-corrected chi connectivity index (χ3v) is 5.11. The monoisotopic (exact) mass is 292 g/mol. The number of carbonyl (C=O) groups excluding carboxylic acids is 2. The Kier molecular flexibility index (Phi) is 3.35. The molecule has 1 aliphatic rings. The third-order valence-electron chi connectivity index (χ3n) is 3.00. The summed E-state index contributed by atoms with van der Waals surface area (Å²) in [5.41, 5.74) is 6.16. The quantitative estimate of drug-likeness (QED) is 0.835. The van der Waals surface area contributed by atoms with Crippen molar-refractivity contribution in [1.29, 1.82) is 0 Å². The van der Waals surface area contributed by atoms with Crippen molar-refractivity contribution in [2.24, 2.45) is 0 Å². The smallest absolute Gasteiger partial charge is 0.266 e. The normalized spacial score (nSPS) is 13.1. The van der Waals surface area contributed by atoms with E-state index in [0.717, 1.165) is 12.8 Å². The SMILES string of the molecule is O=C(NNC(=O)c1cc2c(s1)CCC2)c1cccs1. The van der Waals surface area contributed by atoms with Gasteiger partial charge in [0.05, 0.1) is 9.75 Å². The van der Waals surface area contributed by atoms with Crippen molar-refractivity contribution in [3.8, 4) is 0 Å². The van der Waals surface area contributed by atoms with E-state index in [9.17, 15) is 9.59 Å². The minimum absolute atomic E-state index is 0.246. The molecule has 0 fully saturated rings. The number of hydrazine groups is 1. The van der Waals surface area contributed by atoms with Crippen molar-refractivity contribution in [3.05, 3.63) is 43.8 Å². The first-order valence-electron chi connectivity index (χ1n) is 6.00. The topological polar surface area (TPSA) is 58.2 Å². The van der Waals surface area contributed by atoms with Gasteiger partial charge in [0.25, 0.3) is 11.8 Å². The molecule has 0 unspecified atom stereocenters. The first-order chi connectivity index (χ1) is 9.24. The molecule has 3 rings (SSSR count). The van der Waals surface area contributed by atoms with Crippen LogP contribution in [0.4, 0.5) is 0 Å². The van der Waals surface area contributed by atoms with Gasteiger partial charge in [-0.3, -0.25) is 20.4 Å². The van der Waals surface area contributed by atoms with Gasteiger partial charge in [-0.1, -0.05) is 6.07 Å². The lowest BCUT2D eigenvalue weighted by atomic mass is 10.2. The van der Waals surface area contributed by atoms with E-state index >= 15 is 0 Å². The van der Waals surface area contributed by atoms with Crippen molar-refractivity contribution < 1.29 is 9.59 Å². The van der Waals surface area contributed by atoms with Gasteiger partial charge in [0.15, 0.2) is 0 Å². The van der Waals surface area contributed by atoms with Gasteiger partial charge in [-0.15, -0.1) is 22.7 Å². The van der Waals surface area contributed by atoms with Crippen LogP contribution >= 0.6 is 22.7 Å². The summed E-state index contributed by atoms with van der Waals surface area (Å²) < 4.78 is 0. The van der Waals surface area contributed by atoms with E-state index < -0.39 is 0 Å². The average Bonchev–Trinajstić information content (AvgIpc) is 3.09. The molecule has 0 atom stereocenters. The van der Waals surface area contributed by atoms with Crippen molar-refractivity contribution in [1.82, 2.24) is 10.9 Å². The average molecular weight is 292 g/mol. The lowest BCUT2D eigenvalue weighted by Gasteiger charge is -2.04. The molecule has 0 aliphatic heterocycles. The number of hydrogen-bond acceptors (Lipinski definition) is 4. The molecule has 6 heteroatoms. The van der Waals surface area contributed by atoms with Crippen LogP contribution in [0.25, 0.3) is 0 Å². The Morgan fingerprint density at radius 3 is 2.58 bits per heavy atom. The van der Waals surface area contributed by atoms with Crippen molar-refractivity contribution in [3.63, 3.8) is 0 Å². The third kappa shape index (κ3) is 2.54. The summed E-state index contributed by atoms with van der Waals surface area (Å²) in [5.74, 6) is -0.531. The molecule has 2 aromatic rings. The zero-order chi connectivity index (χ0) is 13.2. The molecular weight excluding hydrogens is 280 g/mol. The van der Waals surface area contributed by atoms with Crippen LogP contribution in [0.5, 0.6) is 0 Å². The molecular formula is C13H12N2O2S2. The van der Waals surface area contributed by atoms with Crippen molar-refractivity contribution >= 4 is 34.5 Å². The molecule has 1 aliphatic carbocycles. The van der Waals surface area contributed by atoms with Crippen molar-refractivity contribution in [2.75, 3.05) is 0 Å². The first-order valence-corrected chi connectivity index (χ1v) is 7.69. The maximum absolute atomic E-state index is 11.9. The number of nitrogens with one attached hydrogen (secondary N) is 2. The highest BCUT2D eigenvalue weighted by Gasteiger charge is 2.18. The zero-order valence-corrected chi connectivity index (χ0v) is 11.7. The number of carbonyl (C=O) groups is 2. The number of hydrogen-bond donors (Lipinski definition) is 2. The second kappa shape index (κ2) is 5.14. The van der Waals surface area contributed by atoms with E-state index in [1.165, 1.54) is 39.5 Å². The fourth-order valence-corrected chi connectivity index (χ4v) is 3.85. The van der Waals surface area contributed by atoms with E-state index in [2.05, 4.69) is 10.9 Å². The predicted octanol–water partition coefficient (Wildman–Crippen LogP) is 2.37. The molecule has 98 valence electrons.